The summed E-state index contributed by atoms with van der Waals surface area (Å²) in [6.07, 6.45) is -0.694. The van der Waals surface area contributed by atoms with E-state index in [1.807, 2.05) is 30.3 Å². The number of carbonyl (C=O) groups is 1. The molecular formula is C15H16BrNO3. The van der Waals surface area contributed by atoms with Gasteiger partial charge in [0.2, 0.25) is 0 Å². The van der Waals surface area contributed by atoms with Crippen molar-refractivity contribution in [2.45, 2.75) is 6.10 Å². The van der Waals surface area contributed by atoms with Crippen LogP contribution in [-0.4, -0.2) is 37.4 Å². The van der Waals surface area contributed by atoms with Gasteiger partial charge in [0.15, 0.2) is 0 Å². The van der Waals surface area contributed by atoms with Crippen LogP contribution >= 0.6 is 15.9 Å². The molecule has 1 atom stereocenters. The molecule has 0 aliphatic carbocycles. The molecule has 106 valence electrons. The smallest absolute Gasteiger partial charge is 0.251 e. The zero-order valence-corrected chi connectivity index (χ0v) is 12.7. The van der Waals surface area contributed by atoms with Gasteiger partial charge in [-0.15, -0.1) is 0 Å². The number of hydrogen-bond donors (Lipinski definition) is 2. The number of rotatable bonds is 5. The van der Waals surface area contributed by atoms with Crippen LogP contribution < -0.4 is 5.32 Å². The second-order valence-corrected chi connectivity index (χ2v) is 5.44. The minimum Gasteiger partial charge on any atom is -0.389 e. The SMILES string of the molecule is COC[C@H](O)CNC(=O)c1ccc2cc(Br)ccc2c1. The van der Waals surface area contributed by atoms with Gasteiger partial charge in [0.05, 0.1) is 12.7 Å². The molecule has 1 amide bonds. The van der Waals surface area contributed by atoms with Gasteiger partial charge in [-0.1, -0.05) is 28.1 Å². The molecule has 0 heterocycles. The Morgan fingerprint density at radius 3 is 2.75 bits per heavy atom. The molecule has 0 bridgehead atoms. The molecule has 4 nitrogen and oxygen atoms in total. The minimum atomic E-state index is -0.694. The Kier molecular flexibility index (Phi) is 5.11. The van der Waals surface area contributed by atoms with Crippen LogP contribution in [-0.2, 0) is 4.74 Å². The highest BCUT2D eigenvalue weighted by molar-refractivity contribution is 9.10. The molecule has 0 saturated carbocycles. The summed E-state index contributed by atoms with van der Waals surface area (Å²) < 4.78 is 5.81. The standard InChI is InChI=1S/C15H16BrNO3/c1-20-9-14(18)8-17-15(19)12-3-2-11-7-13(16)5-4-10(11)6-12/h2-7,14,18H,8-9H2,1H3,(H,17,19)/t14-/m1/s1. The van der Waals surface area contributed by atoms with Crippen LogP contribution in [0.15, 0.2) is 40.9 Å². The molecule has 0 spiro atoms. The van der Waals surface area contributed by atoms with Crippen molar-refractivity contribution in [3.05, 3.63) is 46.4 Å². The lowest BCUT2D eigenvalue weighted by Gasteiger charge is -2.11. The monoisotopic (exact) mass is 337 g/mol. The van der Waals surface area contributed by atoms with Crippen molar-refractivity contribution < 1.29 is 14.6 Å². The Bertz CT molecular complexity index is 615. The molecule has 0 aliphatic rings. The molecule has 20 heavy (non-hydrogen) atoms. The predicted octanol–water partition coefficient (Wildman–Crippen LogP) is 2.34. The lowest BCUT2D eigenvalue weighted by atomic mass is 10.1. The van der Waals surface area contributed by atoms with Gasteiger partial charge in [-0.25, -0.2) is 0 Å². The maximum Gasteiger partial charge on any atom is 0.251 e. The van der Waals surface area contributed by atoms with Crippen molar-refractivity contribution in [3.63, 3.8) is 0 Å². The van der Waals surface area contributed by atoms with E-state index >= 15 is 0 Å². The summed E-state index contributed by atoms with van der Waals surface area (Å²) in [5.74, 6) is -0.204. The van der Waals surface area contributed by atoms with E-state index in [1.54, 1.807) is 6.07 Å². The molecule has 0 aromatic heterocycles. The van der Waals surface area contributed by atoms with Crippen LogP contribution in [0.25, 0.3) is 10.8 Å². The summed E-state index contributed by atoms with van der Waals surface area (Å²) in [7, 11) is 1.51. The number of fused-ring (bicyclic) bond motifs is 1. The van der Waals surface area contributed by atoms with Crippen LogP contribution in [0.5, 0.6) is 0 Å². The second-order valence-electron chi connectivity index (χ2n) is 4.53. The maximum atomic E-state index is 12.0. The van der Waals surface area contributed by atoms with E-state index < -0.39 is 6.10 Å². The number of aliphatic hydroxyl groups is 1. The molecule has 2 aromatic rings. The number of benzene rings is 2. The van der Waals surface area contributed by atoms with Crippen LogP contribution in [0.3, 0.4) is 0 Å². The number of methoxy groups -OCH3 is 1. The summed E-state index contributed by atoms with van der Waals surface area (Å²) >= 11 is 3.42. The van der Waals surface area contributed by atoms with E-state index in [1.165, 1.54) is 7.11 Å². The summed E-state index contributed by atoms with van der Waals surface area (Å²) in [5.41, 5.74) is 0.574. The van der Waals surface area contributed by atoms with Gasteiger partial charge >= 0.3 is 0 Å². The molecule has 2 rings (SSSR count). The highest BCUT2D eigenvalue weighted by atomic mass is 79.9. The number of aliphatic hydroxyl groups excluding tert-OH is 1. The normalized spacial score (nSPS) is 12.3. The third kappa shape index (κ3) is 3.79. The summed E-state index contributed by atoms with van der Waals surface area (Å²) in [5, 5.41) is 14.2. The Labute approximate surface area is 125 Å². The number of hydrogen-bond acceptors (Lipinski definition) is 3. The van der Waals surface area contributed by atoms with Crippen molar-refractivity contribution in [3.8, 4) is 0 Å². The first-order valence-corrected chi connectivity index (χ1v) is 7.04. The van der Waals surface area contributed by atoms with E-state index in [-0.39, 0.29) is 19.1 Å². The predicted molar refractivity (Wildman–Crippen MR) is 81.9 cm³/mol. The van der Waals surface area contributed by atoms with Crippen molar-refractivity contribution in [2.24, 2.45) is 0 Å². The average molecular weight is 338 g/mol. The molecule has 0 radical (unpaired) electrons. The molecule has 2 aromatic carbocycles. The van der Waals surface area contributed by atoms with Crippen LogP contribution in [0, 0.1) is 0 Å². The summed E-state index contributed by atoms with van der Waals surface area (Å²) in [4.78, 5) is 12.0. The zero-order chi connectivity index (χ0) is 14.5. The van der Waals surface area contributed by atoms with E-state index in [2.05, 4.69) is 21.2 Å². The van der Waals surface area contributed by atoms with Gasteiger partial charge in [-0.3, -0.25) is 4.79 Å². The van der Waals surface area contributed by atoms with Crippen LogP contribution in [0.2, 0.25) is 0 Å². The summed E-state index contributed by atoms with van der Waals surface area (Å²) in [6.45, 7) is 0.372. The fourth-order valence-corrected chi connectivity index (χ4v) is 2.30. The molecule has 5 heteroatoms. The third-order valence-electron chi connectivity index (χ3n) is 2.92. The highest BCUT2D eigenvalue weighted by Gasteiger charge is 2.09. The van der Waals surface area contributed by atoms with E-state index in [4.69, 9.17) is 4.74 Å². The Hall–Kier alpha value is -1.43. The van der Waals surface area contributed by atoms with Gasteiger partial charge in [0.1, 0.15) is 0 Å². The molecule has 0 unspecified atom stereocenters. The van der Waals surface area contributed by atoms with Crippen molar-refractivity contribution in [2.75, 3.05) is 20.3 Å². The van der Waals surface area contributed by atoms with Crippen molar-refractivity contribution in [1.82, 2.24) is 5.32 Å². The minimum absolute atomic E-state index is 0.172. The van der Waals surface area contributed by atoms with Gasteiger partial charge in [0, 0.05) is 23.7 Å². The largest absolute Gasteiger partial charge is 0.389 e. The van der Waals surface area contributed by atoms with Gasteiger partial charge < -0.3 is 15.2 Å². The Morgan fingerprint density at radius 2 is 2.00 bits per heavy atom. The first-order valence-electron chi connectivity index (χ1n) is 6.24. The Morgan fingerprint density at radius 1 is 1.30 bits per heavy atom. The topological polar surface area (TPSA) is 58.6 Å². The van der Waals surface area contributed by atoms with Crippen molar-refractivity contribution >= 4 is 32.6 Å². The lowest BCUT2D eigenvalue weighted by Crippen LogP contribution is -2.34. The Balaban J connectivity index is 2.08. The fourth-order valence-electron chi connectivity index (χ4n) is 1.92. The molecule has 0 saturated heterocycles. The molecule has 0 aliphatic heterocycles. The zero-order valence-electron chi connectivity index (χ0n) is 11.1. The number of nitrogens with one attached hydrogen (secondary N) is 1. The van der Waals surface area contributed by atoms with Crippen LogP contribution in [0.4, 0.5) is 0 Å². The quantitative estimate of drug-likeness (QED) is 0.880. The van der Waals surface area contributed by atoms with E-state index in [9.17, 15) is 9.90 Å². The highest BCUT2D eigenvalue weighted by Crippen LogP contribution is 2.20. The number of carbonyl (C=O) groups excluding carboxylic acids is 1. The number of halogens is 1. The van der Waals surface area contributed by atoms with Gasteiger partial charge in [-0.2, -0.15) is 0 Å². The fraction of sp³-hybridized carbons (Fsp3) is 0.267. The number of amides is 1. The average Bonchev–Trinajstić information content (AvgIpc) is 2.44. The van der Waals surface area contributed by atoms with Gasteiger partial charge in [-0.05, 0) is 35.0 Å². The number of ether oxygens (including phenoxy) is 1. The summed E-state index contributed by atoms with van der Waals surface area (Å²) in [6, 6.07) is 11.4. The van der Waals surface area contributed by atoms with Crippen LogP contribution in [0.1, 0.15) is 10.4 Å². The first kappa shape index (κ1) is 15.0. The molecule has 0 fully saturated rings. The lowest BCUT2D eigenvalue weighted by molar-refractivity contribution is 0.0610. The third-order valence-corrected chi connectivity index (χ3v) is 3.42. The van der Waals surface area contributed by atoms with E-state index in [0.717, 1.165) is 15.2 Å². The van der Waals surface area contributed by atoms with E-state index in [0.29, 0.717) is 5.56 Å². The van der Waals surface area contributed by atoms with Gasteiger partial charge in [0.25, 0.3) is 5.91 Å². The first-order chi connectivity index (χ1) is 9.60. The van der Waals surface area contributed by atoms with Crippen molar-refractivity contribution in [1.29, 1.82) is 0 Å². The molecular weight excluding hydrogens is 322 g/mol. The molecule has 2 N–H and O–H groups in total. The second kappa shape index (κ2) is 6.83. The maximum absolute atomic E-state index is 12.0.